The molecular formula is C13H11Cl2FN2. The van der Waals surface area contributed by atoms with Gasteiger partial charge in [-0.05, 0) is 23.8 Å². The van der Waals surface area contributed by atoms with Gasteiger partial charge in [-0.25, -0.2) is 9.82 Å². The van der Waals surface area contributed by atoms with E-state index in [4.69, 9.17) is 29.0 Å². The molecule has 0 fully saturated rings. The molecule has 0 heterocycles. The normalized spacial score (nSPS) is 12.4. The Morgan fingerprint density at radius 2 is 1.78 bits per heavy atom. The van der Waals surface area contributed by atoms with Crippen LogP contribution in [0.3, 0.4) is 0 Å². The van der Waals surface area contributed by atoms with Gasteiger partial charge in [0.05, 0.1) is 6.04 Å². The molecule has 1 unspecified atom stereocenters. The topological polar surface area (TPSA) is 38.0 Å². The molecule has 3 N–H and O–H groups in total. The summed E-state index contributed by atoms with van der Waals surface area (Å²) in [7, 11) is 0. The van der Waals surface area contributed by atoms with E-state index in [1.54, 1.807) is 30.3 Å². The fraction of sp³-hybridized carbons (Fsp3) is 0.0769. The van der Waals surface area contributed by atoms with Gasteiger partial charge in [-0.1, -0.05) is 47.5 Å². The Labute approximate surface area is 114 Å². The quantitative estimate of drug-likeness (QED) is 0.666. The van der Waals surface area contributed by atoms with Crippen molar-refractivity contribution >= 4 is 23.2 Å². The van der Waals surface area contributed by atoms with Crippen LogP contribution in [0.1, 0.15) is 17.2 Å². The minimum absolute atomic E-state index is 0.339. The molecule has 5 heteroatoms. The van der Waals surface area contributed by atoms with Crippen LogP contribution in [0.15, 0.2) is 42.5 Å². The van der Waals surface area contributed by atoms with Crippen LogP contribution in [0.2, 0.25) is 10.0 Å². The van der Waals surface area contributed by atoms with Crippen LogP contribution in [-0.2, 0) is 0 Å². The summed E-state index contributed by atoms with van der Waals surface area (Å²) in [5, 5.41) is 0.862. The van der Waals surface area contributed by atoms with Crippen molar-refractivity contribution in [2.45, 2.75) is 6.04 Å². The third-order valence-electron chi connectivity index (χ3n) is 2.66. The van der Waals surface area contributed by atoms with Gasteiger partial charge in [0.1, 0.15) is 5.82 Å². The Balaban J connectivity index is 2.49. The van der Waals surface area contributed by atoms with Crippen molar-refractivity contribution in [1.29, 1.82) is 0 Å². The van der Waals surface area contributed by atoms with E-state index in [0.717, 1.165) is 0 Å². The highest BCUT2D eigenvalue weighted by atomic mass is 35.5. The van der Waals surface area contributed by atoms with Gasteiger partial charge in [0.2, 0.25) is 0 Å². The lowest BCUT2D eigenvalue weighted by Gasteiger charge is -2.18. The molecule has 0 amide bonds. The highest BCUT2D eigenvalue weighted by Gasteiger charge is 2.18. The Morgan fingerprint density at radius 3 is 2.39 bits per heavy atom. The highest BCUT2D eigenvalue weighted by Crippen LogP contribution is 2.30. The van der Waals surface area contributed by atoms with Crippen molar-refractivity contribution in [1.82, 2.24) is 5.43 Å². The fourth-order valence-corrected chi connectivity index (χ4v) is 2.20. The molecule has 0 aromatic heterocycles. The fourth-order valence-electron chi connectivity index (χ4n) is 1.79. The van der Waals surface area contributed by atoms with Crippen LogP contribution in [0, 0.1) is 5.82 Å². The van der Waals surface area contributed by atoms with Crippen molar-refractivity contribution in [2.24, 2.45) is 5.84 Å². The maximum atomic E-state index is 13.9. The minimum atomic E-state index is -0.518. The standard InChI is InChI=1S/C13H11Cl2FN2/c14-8-5-6-10(12(16)7-8)13(18-17)9-3-1-2-4-11(9)15/h1-7,13,18H,17H2. The second-order valence-corrected chi connectivity index (χ2v) is 4.63. The summed E-state index contributed by atoms with van der Waals surface area (Å²) in [5.74, 6) is 5.08. The first-order valence-corrected chi connectivity index (χ1v) is 6.04. The maximum Gasteiger partial charge on any atom is 0.129 e. The van der Waals surface area contributed by atoms with E-state index >= 15 is 0 Å². The van der Waals surface area contributed by atoms with Gasteiger partial charge in [-0.3, -0.25) is 5.84 Å². The van der Waals surface area contributed by atoms with Crippen molar-refractivity contribution in [3.63, 3.8) is 0 Å². The molecule has 2 aromatic carbocycles. The molecule has 94 valence electrons. The Bertz CT molecular complexity index is 560. The van der Waals surface area contributed by atoms with Gasteiger partial charge in [0, 0.05) is 15.6 Å². The van der Waals surface area contributed by atoms with Gasteiger partial charge >= 0.3 is 0 Å². The first-order valence-electron chi connectivity index (χ1n) is 5.29. The SMILES string of the molecule is NNC(c1ccc(Cl)cc1F)c1ccccc1Cl. The first-order chi connectivity index (χ1) is 8.63. The highest BCUT2D eigenvalue weighted by molar-refractivity contribution is 6.31. The lowest BCUT2D eigenvalue weighted by molar-refractivity contribution is 0.560. The average Bonchev–Trinajstić information content (AvgIpc) is 2.34. The van der Waals surface area contributed by atoms with Crippen molar-refractivity contribution in [2.75, 3.05) is 0 Å². The van der Waals surface area contributed by atoms with Crippen LogP contribution < -0.4 is 11.3 Å². The third kappa shape index (κ3) is 2.65. The van der Waals surface area contributed by atoms with Gasteiger partial charge < -0.3 is 0 Å². The molecule has 0 aliphatic carbocycles. The average molecular weight is 285 g/mol. The molecule has 2 rings (SSSR count). The number of hydrazine groups is 1. The van der Waals surface area contributed by atoms with E-state index in [2.05, 4.69) is 5.43 Å². The zero-order valence-electron chi connectivity index (χ0n) is 9.33. The molecule has 1 atom stereocenters. The summed E-state index contributed by atoms with van der Waals surface area (Å²) >= 11 is 11.8. The van der Waals surface area contributed by atoms with Crippen molar-refractivity contribution in [3.05, 3.63) is 69.5 Å². The van der Waals surface area contributed by atoms with E-state index in [1.807, 2.05) is 6.07 Å². The predicted molar refractivity (Wildman–Crippen MR) is 72.0 cm³/mol. The lowest BCUT2D eigenvalue weighted by Crippen LogP contribution is -2.29. The largest absolute Gasteiger partial charge is 0.271 e. The molecule has 0 bridgehead atoms. The molecule has 0 saturated carbocycles. The van der Waals surface area contributed by atoms with Crippen LogP contribution >= 0.6 is 23.2 Å². The summed E-state index contributed by atoms with van der Waals surface area (Å²) in [4.78, 5) is 0. The van der Waals surface area contributed by atoms with E-state index in [-0.39, 0.29) is 0 Å². The number of nitrogens with one attached hydrogen (secondary N) is 1. The van der Waals surface area contributed by atoms with Crippen LogP contribution in [0.5, 0.6) is 0 Å². The van der Waals surface area contributed by atoms with E-state index in [1.165, 1.54) is 6.07 Å². The number of hydrogen-bond donors (Lipinski definition) is 2. The molecule has 0 radical (unpaired) electrons. The summed E-state index contributed by atoms with van der Waals surface area (Å²) in [6.07, 6.45) is 0. The second kappa shape index (κ2) is 5.67. The smallest absolute Gasteiger partial charge is 0.129 e. The molecule has 0 aliphatic rings. The van der Waals surface area contributed by atoms with Gasteiger partial charge in [-0.2, -0.15) is 0 Å². The maximum absolute atomic E-state index is 13.9. The molecule has 0 saturated heterocycles. The predicted octanol–water partition coefficient (Wildman–Crippen LogP) is 3.69. The van der Waals surface area contributed by atoms with Gasteiger partial charge in [0.15, 0.2) is 0 Å². The molecule has 2 nitrogen and oxygen atoms in total. The van der Waals surface area contributed by atoms with E-state index in [9.17, 15) is 4.39 Å². The number of nitrogens with two attached hydrogens (primary N) is 1. The molecule has 0 spiro atoms. The summed E-state index contributed by atoms with van der Waals surface area (Å²) in [6, 6.07) is 11.1. The Kier molecular flexibility index (Phi) is 4.19. The van der Waals surface area contributed by atoms with Crippen LogP contribution in [-0.4, -0.2) is 0 Å². The summed E-state index contributed by atoms with van der Waals surface area (Å²) < 4.78 is 13.9. The lowest BCUT2D eigenvalue weighted by atomic mass is 9.99. The first kappa shape index (κ1) is 13.3. The monoisotopic (exact) mass is 284 g/mol. The Morgan fingerprint density at radius 1 is 1.06 bits per heavy atom. The van der Waals surface area contributed by atoms with Crippen LogP contribution in [0.25, 0.3) is 0 Å². The minimum Gasteiger partial charge on any atom is -0.271 e. The van der Waals surface area contributed by atoms with Crippen molar-refractivity contribution in [3.8, 4) is 0 Å². The number of halogens is 3. The number of hydrogen-bond acceptors (Lipinski definition) is 2. The van der Waals surface area contributed by atoms with Crippen molar-refractivity contribution < 1.29 is 4.39 Å². The number of benzene rings is 2. The zero-order valence-corrected chi connectivity index (χ0v) is 10.8. The van der Waals surface area contributed by atoms with Crippen LogP contribution in [0.4, 0.5) is 4.39 Å². The second-order valence-electron chi connectivity index (χ2n) is 3.79. The van der Waals surface area contributed by atoms with Gasteiger partial charge in [0.25, 0.3) is 0 Å². The third-order valence-corrected chi connectivity index (χ3v) is 3.24. The van der Waals surface area contributed by atoms with E-state index in [0.29, 0.717) is 21.2 Å². The Hall–Kier alpha value is -1.13. The number of rotatable bonds is 3. The summed E-state index contributed by atoms with van der Waals surface area (Å²) in [5.41, 5.74) is 3.68. The zero-order chi connectivity index (χ0) is 13.1. The molecule has 18 heavy (non-hydrogen) atoms. The molecule has 2 aromatic rings. The molecular weight excluding hydrogens is 274 g/mol. The molecule has 0 aliphatic heterocycles. The van der Waals surface area contributed by atoms with Gasteiger partial charge in [-0.15, -0.1) is 0 Å². The van der Waals surface area contributed by atoms with E-state index < -0.39 is 11.9 Å². The summed E-state index contributed by atoms with van der Waals surface area (Å²) in [6.45, 7) is 0.